The topological polar surface area (TPSA) is 84.0 Å². The Balaban J connectivity index is 1.19. The number of imide groups is 1. The van der Waals surface area contributed by atoms with Gasteiger partial charge in [0, 0.05) is 24.4 Å². The van der Waals surface area contributed by atoms with Gasteiger partial charge >= 0.3 is 5.97 Å². The van der Waals surface area contributed by atoms with E-state index in [0.29, 0.717) is 12.1 Å². The van der Waals surface area contributed by atoms with Crippen LogP contribution in [-0.4, -0.2) is 30.2 Å². The van der Waals surface area contributed by atoms with Crippen LogP contribution in [0.5, 0.6) is 5.75 Å². The maximum Gasteiger partial charge on any atom is 0.316 e. The van der Waals surface area contributed by atoms with E-state index in [1.165, 1.54) is 4.90 Å². The van der Waals surface area contributed by atoms with Crippen molar-refractivity contribution in [3.8, 4) is 5.75 Å². The van der Waals surface area contributed by atoms with E-state index in [1.54, 1.807) is 29.2 Å². The molecule has 0 N–H and O–H groups in total. The first-order valence-electron chi connectivity index (χ1n) is 12.6. The molecule has 2 heterocycles. The highest BCUT2D eigenvalue weighted by molar-refractivity contribution is 6.22. The first-order chi connectivity index (χ1) is 17.9. The van der Waals surface area contributed by atoms with Crippen LogP contribution in [0.2, 0.25) is 0 Å². The van der Waals surface area contributed by atoms with E-state index >= 15 is 0 Å². The van der Waals surface area contributed by atoms with E-state index in [-0.39, 0.29) is 54.2 Å². The fraction of sp³-hybridized carbons (Fsp3) is 0.267. The second-order valence-electron chi connectivity index (χ2n) is 9.99. The van der Waals surface area contributed by atoms with Gasteiger partial charge in [0.25, 0.3) is 0 Å². The van der Waals surface area contributed by atoms with Gasteiger partial charge in [-0.05, 0) is 35.9 Å². The minimum absolute atomic E-state index is 0.00852. The predicted molar refractivity (Wildman–Crippen MR) is 139 cm³/mol. The number of allylic oxidation sites excluding steroid dienone is 2. The molecular weight excluding hydrogens is 468 g/mol. The fourth-order valence-corrected chi connectivity index (χ4v) is 5.83. The lowest BCUT2D eigenvalue weighted by atomic mass is 9.78. The molecule has 6 rings (SSSR count). The summed E-state index contributed by atoms with van der Waals surface area (Å²) in [5.41, 5.74) is 1.17. The lowest BCUT2D eigenvalue weighted by Crippen LogP contribution is -2.31. The van der Waals surface area contributed by atoms with Crippen molar-refractivity contribution in [3.05, 3.63) is 78.9 Å². The van der Waals surface area contributed by atoms with Gasteiger partial charge in [-0.2, -0.15) is 0 Å². The van der Waals surface area contributed by atoms with Crippen LogP contribution in [-0.2, 0) is 19.2 Å². The third-order valence-electron chi connectivity index (χ3n) is 7.68. The Bertz CT molecular complexity index is 1470. The standard InChI is InChI=1S/C30H26N2O5/c1-18-7-4-13-24-27(18)29(35)32(28(24)34)21-10-6-11-22(16-21)37-30(36)20-15-26(33)31(17-20)25-14-5-9-19-8-2-3-12-23(19)25/h2-12,14,16,18,20,24,27H,13,15,17H2,1H3/t18-,20+,24+,27-/m1/s1. The number of carbonyl (C=O) groups excluding carboxylic acids is 4. The molecule has 37 heavy (non-hydrogen) atoms. The third-order valence-corrected chi connectivity index (χ3v) is 7.68. The first-order valence-corrected chi connectivity index (χ1v) is 12.6. The molecule has 0 unspecified atom stereocenters. The molecule has 0 aromatic heterocycles. The quantitative estimate of drug-likeness (QED) is 0.231. The minimum atomic E-state index is -0.625. The molecule has 4 atom stereocenters. The van der Waals surface area contributed by atoms with Gasteiger partial charge in [-0.1, -0.05) is 61.5 Å². The monoisotopic (exact) mass is 494 g/mol. The molecule has 2 saturated heterocycles. The van der Waals surface area contributed by atoms with Gasteiger partial charge in [0.15, 0.2) is 0 Å². The summed E-state index contributed by atoms with van der Waals surface area (Å²) in [6.45, 7) is 2.17. The average Bonchev–Trinajstić information content (AvgIpc) is 3.41. The Morgan fingerprint density at radius 2 is 1.73 bits per heavy atom. The first kappa shape index (κ1) is 23.2. The molecule has 2 aliphatic heterocycles. The summed E-state index contributed by atoms with van der Waals surface area (Å²) in [6.07, 6.45) is 4.55. The largest absolute Gasteiger partial charge is 0.426 e. The van der Waals surface area contributed by atoms with Crippen molar-refractivity contribution in [1.82, 2.24) is 0 Å². The van der Waals surface area contributed by atoms with Crippen LogP contribution in [0.3, 0.4) is 0 Å². The second kappa shape index (κ2) is 9.00. The van der Waals surface area contributed by atoms with Crippen LogP contribution in [0, 0.1) is 23.7 Å². The van der Waals surface area contributed by atoms with Gasteiger partial charge in [0.2, 0.25) is 17.7 Å². The number of carbonyl (C=O) groups is 4. The van der Waals surface area contributed by atoms with E-state index in [4.69, 9.17) is 4.74 Å². The van der Waals surface area contributed by atoms with E-state index in [1.807, 2.05) is 61.5 Å². The zero-order valence-electron chi connectivity index (χ0n) is 20.4. The van der Waals surface area contributed by atoms with Crippen LogP contribution >= 0.6 is 0 Å². The van der Waals surface area contributed by atoms with Crippen molar-refractivity contribution >= 4 is 45.8 Å². The molecule has 3 aliphatic rings. The number of nitrogens with zero attached hydrogens (tertiary/aromatic N) is 2. The Morgan fingerprint density at radius 3 is 2.57 bits per heavy atom. The maximum atomic E-state index is 13.1. The van der Waals surface area contributed by atoms with Crippen molar-refractivity contribution in [3.63, 3.8) is 0 Å². The van der Waals surface area contributed by atoms with Crippen LogP contribution in [0.15, 0.2) is 78.9 Å². The van der Waals surface area contributed by atoms with E-state index in [9.17, 15) is 19.2 Å². The van der Waals surface area contributed by atoms with Crippen molar-refractivity contribution in [2.75, 3.05) is 16.3 Å². The summed E-state index contributed by atoms with van der Waals surface area (Å²) < 4.78 is 5.65. The van der Waals surface area contributed by atoms with Crippen molar-refractivity contribution < 1.29 is 23.9 Å². The summed E-state index contributed by atoms with van der Waals surface area (Å²) in [5, 5.41) is 1.97. The molecule has 0 bridgehead atoms. The number of hydrogen-bond donors (Lipinski definition) is 0. The molecule has 3 aromatic rings. The van der Waals surface area contributed by atoms with Gasteiger partial charge in [-0.3, -0.25) is 19.2 Å². The van der Waals surface area contributed by atoms with Gasteiger partial charge < -0.3 is 9.64 Å². The number of amides is 3. The highest BCUT2D eigenvalue weighted by atomic mass is 16.5. The zero-order chi connectivity index (χ0) is 25.7. The zero-order valence-corrected chi connectivity index (χ0v) is 20.4. The number of fused-ring (bicyclic) bond motifs is 2. The SMILES string of the molecule is C[C@@H]1C=CC[C@@H]2C(=O)N(c3cccc(OC(=O)[C@H]4CC(=O)N(c5cccc6ccccc56)C4)c3)C(=O)[C@H]12. The number of anilines is 2. The molecule has 3 aromatic carbocycles. The maximum absolute atomic E-state index is 13.1. The predicted octanol–water partition coefficient (Wildman–Crippen LogP) is 4.50. The number of benzene rings is 3. The van der Waals surface area contributed by atoms with Crippen LogP contribution < -0.4 is 14.5 Å². The Morgan fingerprint density at radius 1 is 0.946 bits per heavy atom. The molecule has 7 nitrogen and oxygen atoms in total. The lowest BCUT2D eigenvalue weighted by molar-refractivity contribution is -0.139. The summed E-state index contributed by atoms with van der Waals surface area (Å²) in [6, 6.07) is 20.1. The highest BCUT2D eigenvalue weighted by Gasteiger charge is 2.50. The summed E-state index contributed by atoms with van der Waals surface area (Å²) in [5.74, 6) is -2.21. The average molecular weight is 495 g/mol. The Hall–Kier alpha value is -4.26. The molecular formula is C30H26N2O5. The van der Waals surface area contributed by atoms with Gasteiger partial charge in [0.1, 0.15) is 5.75 Å². The Kier molecular flexibility index (Phi) is 5.63. The molecule has 3 amide bonds. The van der Waals surface area contributed by atoms with Crippen LogP contribution in [0.4, 0.5) is 11.4 Å². The van der Waals surface area contributed by atoms with E-state index in [2.05, 4.69) is 0 Å². The van der Waals surface area contributed by atoms with E-state index in [0.717, 1.165) is 16.5 Å². The molecule has 0 spiro atoms. The molecule has 2 fully saturated rings. The molecule has 0 saturated carbocycles. The normalized spacial score (nSPS) is 25.2. The number of esters is 1. The van der Waals surface area contributed by atoms with Gasteiger partial charge in [-0.25, -0.2) is 4.90 Å². The van der Waals surface area contributed by atoms with Crippen molar-refractivity contribution in [1.29, 1.82) is 0 Å². The van der Waals surface area contributed by atoms with E-state index < -0.39 is 11.9 Å². The minimum Gasteiger partial charge on any atom is -0.426 e. The number of rotatable bonds is 4. The summed E-state index contributed by atoms with van der Waals surface area (Å²) in [7, 11) is 0. The molecule has 0 radical (unpaired) electrons. The number of hydrogen-bond acceptors (Lipinski definition) is 5. The van der Waals surface area contributed by atoms with Crippen LogP contribution in [0.25, 0.3) is 10.8 Å². The summed E-state index contributed by atoms with van der Waals surface area (Å²) in [4.78, 5) is 55.0. The highest BCUT2D eigenvalue weighted by Crippen LogP contribution is 2.41. The van der Waals surface area contributed by atoms with Crippen molar-refractivity contribution in [2.24, 2.45) is 23.7 Å². The second-order valence-corrected chi connectivity index (χ2v) is 9.99. The van der Waals surface area contributed by atoms with Gasteiger partial charge in [0.05, 0.1) is 29.1 Å². The lowest BCUT2D eigenvalue weighted by Gasteiger charge is -2.22. The fourth-order valence-electron chi connectivity index (χ4n) is 5.83. The smallest absolute Gasteiger partial charge is 0.316 e. The molecule has 186 valence electrons. The Labute approximate surface area is 214 Å². The third kappa shape index (κ3) is 3.91. The summed E-state index contributed by atoms with van der Waals surface area (Å²) >= 11 is 0. The molecule has 1 aliphatic carbocycles. The van der Waals surface area contributed by atoms with Crippen molar-refractivity contribution in [2.45, 2.75) is 19.8 Å². The van der Waals surface area contributed by atoms with Gasteiger partial charge in [-0.15, -0.1) is 0 Å². The molecule has 7 heteroatoms. The number of ether oxygens (including phenoxy) is 1. The van der Waals surface area contributed by atoms with Crippen LogP contribution in [0.1, 0.15) is 19.8 Å².